The number of anilines is 1. The lowest BCUT2D eigenvalue weighted by Gasteiger charge is -2.35. The summed E-state index contributed by atoms with van der Waals surface area (Å²) in [6.45, 7) is 9.49. The van der Waals surface area contributed by atoms with E-state index in [-0.39, 0.29) is 18.4 Å². The van der Waals surface area contributed by atoms with E-state index in [2.05, 4.69) is 15.6 Å². The molecule has 2 amide bonds. The number of hydrogen-bond donors (Lipinski definition) is 1. The maximum atomic E-state index is 14.3. The molecule has 1 atom stereocenters. The molecule has 204 valence electrons. The molecule has 0 saturated carbocycles. The SMILES string of the molecule is COc1cccc(C(C(=O)NC(C)(C)C)N(C(=O)Cn2nnc3ccccc32)c2cccc(C)c2C)c1OC. The van der Waals surface area contributed by atoms with Crippen molar-refractivity contribution in [2.75, 3.05) is 19.1 Å². The summed E-state index contributed by atoms with van der Waals surface area (Å²) in [5, 5.41) is 11.5. The molecule has 1 aromatic heterocycles. The number of rotatable bonds is 8. The highest BCUT2D eigenvalue weighted by molar-refractivity contribution is 6.02. The van der Waals surface area contributed by atoms with Gasteiger partial charge in [0.25, 0.3) is 0 Å². The fourth-order valence-electron chi connectivity index (χ4n) is 4.62. The summed E-state index contributed by atoms with van der Waals surface area (Å²) in [5.74, 6) is 0.146. The van der Waals surface area contributed by atoms with Crippen LogP contribution in [0, 0.1) is 13.8 Å². The van der Waals surface area contributed by atoms with Gasteiger partial charge in [0.15, 0.2) is 11.5 Å². The highest BCUT2D eigenvalue weighted by atomic mass is 16.5. The number of aryl methyl sites for hydroxylation is 1. The summed E-state index contributed by atoms with van der Waals surface area (Å²) < 4.78 is 12.8. The maximum absolute atomic E-state index is 14.3. The number of nitrogens with zero attached hydrogens (tertiary/aromatic N) is 4. The van der Waals surface area contributed by atoms with E-state index in [1.165, 1.54) is 19.1 Å². The summed E-state index contributed by atoms with van der Waals surface area (Å²) in [7, 11) is 3.06. The van der Waals surface area contributed by atoms with Gasteiger partial charge < -0.3 is 14.8 Å². The average molecular weight is 530 g/mol. The summed E-state index contributed by atoms with van der Waals surface area (Å²) >= 11 is 0. The number of benzene rings is 3. The number of amides is 2. The number of ether oxygens (including phenoxy) is 2. The van der Waals surface area contributed by atoms with Gasteiger partial charge in [-0.1, -0.05) is 41.6 Å². The Morgan fingerprint density at radius 3 is 2.38 bits per heavy atom. The molecule has 1 unspecified atom stereocenters. The van der Waals surface area contributed by atoms with E-state index in [1.807, 2.05) is 77.1 Å². The number of carbonyl (C=O) groups is 2. The highest BCUT2D eigenvalue weighted by Gasteiger charge is 2.38. The molecule has 1 heterocycles. The number of hydrogen-bond acceptors (Lipinski definition) is 6. The van der Waals surface area contributed by atoms with Crippen molar-refractivity contribution < 1.29 is 19.1 Å². The predicted molar refractivity (Wildman–Crippen MR) is 151 cm³/mol. The van der Waals surface area contributed by atoms with Crippen LogP contribution >= 0.6 is 0 Å². The second kappa shape index (κ2) is 11.1. The Morgan fingerprint density at radius 1 is 0.974 bits per heavy atom. The number of aromatic nitrogens is 3. The number of fused-ring (bicyclic) bond motifs is 1. The number of methoxy groups -OCH3 is 2. The Bertz CT molecular complexity index is 1510. The zero-order valence-electron chi connectivity index (χ0n) is 23.5. The fourth-order valence-corrected chi connectivity index (χ4v) is 4.62. The quantitative estimate of drug-likeness (QED) is 0.354. The normalized spacial score (nSPS) is 12.2. The van der Waals surface area contributed by atoms with Crippen LogP contribution in [-0.4, -0.2) is 46.6 Å². The fraction of sp³-hybridized carbons (Fsp3) is 0.333. The highest BCUT2D eigenvalue weighted by Crippen LogP contribution is 2.40. The lowest BCUT2D eigenvalue weighted by molar-refractivity contribution is -0.128. The monoisotopic (exact) mass is 529 g/mol. The first-order chi connectivity index (χ1) is 18.6. The van der Waals surface area contributed by atoms with Gasteiger partial charge in [0.2, 0.25) is 11.8 Å². The standard InChI is InChI=1S/C30H35N5O4/c1-19-12-10-16-23(20(19)2)35(26(36)18-34-24-15-9-8-14-22(24)32-33-34)27(29(37)31-30(3,4)5)21-13-11-17-25(38-6)28(21)39-7/h8-17,27H,18H2,1-7H3,(H,31,37). The van der Waals surface area contributed by atoms with Gasteiger partial charge >= 0.3 is 0 Å². The minimum atomic E-state index is -1.07. The third-order valence-electron chi connectivity index (χ3n) is 6.54. The van der Waals surface area contributed by atoms with Crippen molar-refractivity contribution in [1.82, 2.24) is 20.3 Å². The molecule has 0 bridgehead atoms. The van der Waals surface area contributed by atoms with Crippen LogP contribution in [0.2, 0.25) is 0 Å². The molecule has 9 heteroatoms. The molecule has 0 fully saturated rings. The van der Waals surface area contributed by atoms with E-state index in [9.17, 15) is 9.59 Å². The van der Waals surface area contributed by atoms with Gasteiger partial charge in [0.05, 0.1) is 19.7 Å². The van der Waals surface area contributed by atoms with Crippen molar-refractivity contribution in [2.24, 2.45) is 0 Å². The van der Waals surface area contributed by atoms with Gasteiger partial charge in [-0.3, -0.25) is 14.5 Å². The Balaban J connectivity index is 1.94. The van der Waals surface area contributed by atoms with Crippen molar-refractivity contribution in [2.45, 2.75) is 52.7 Å². The first-order valence-electron chi connectivity index (χ1n) is 12.7. The minimum Gasteiger partial charge on any atom is -0.493 e. The van der Waals surface area contributed by atoms with Crippen molar-refractivity contribution >= 4 is 28.5 Å². The molecule has 0 aliphatic carbocycles. The number of para-hydroxylation sites is 2. The van der Waals surface area contributed by atoms with E-state index in [1.54, 1.807) is 22.9 Å². The topological polar surface area (TPSA) is 98.6 Å². The Hall–Kier alpha value is -4.40. The van der Waals surface area contributed by atoms with Gasteiger partial charge in [-0.05, 0) is 70.0 Å². The van der Waals surface area contributed by atoms with Crippen molar-refractivity contribution in [3.05, 3.63) is 77.4 Å². The molecule has 4 rings (SSSR count). The van der Waals surface area contributed by atoms with Crippen molar-refractivity contribution in [1.29, 1.82) is 0 Å². The van der Waals surface area contributed by atoms with E-state index in [0.717, 1.165) is 16.6 Å². The molecule has 0 aliphatic heterocycles. The summed E-state index contributed by atoms with van der Waals surface area (Å²) in [4.78, 5) is 30.0. The van der Waals surface area contributed by atoms with Gasteiger partial charge in [0.1, 0.15) is 18.1 Å². The first-order valence-corrected chi connectivity index (χ1v) is 12.7. The lowest BCUT2D eigenvalue weighted by Crippen LogP contribution is -2.50. The van der Waals surface area contributed by atoms with Gasteiger partial charge in [-0.25, -0.2) is 4.68 Å². The van der Waals surface area contributed by atoms with Crippen LogP contribution in [0.5, 0.6) is 11.5 Å². The number of carbonyl (C=O) groups excluding carboxylic acids is 2. The van der Waals surface area contributed by atoms with Gasteiger partial charge in [-0.2, -0.15) is 0 Å². The number of nitrogens with one attached hydrogen (secondary N) is 1. The van der Waals surface area contributed by atoms with Crippen LogP contribution < -0.4 is 19.7 Å². The average Bonchev–Trinajstić information content (AvgIpc) is 3.30. The van der Waals surface area contributed by atoms with Crippen LogP contribution in [0.4, 0.5) is 5.69 Å². The second-order valence-corrected chi connectivity index (χ2v) is 10.4. The van der Waals surface area contributed by atoms with E-state index in [4.69, 9.17) is 9.47 Å². The summed E-state index contributed by atoms with van der Waals surface area (Å²) in [6, 6.07) is 17.4. The zero-order valence-corrected chi connectivity index (χ0v) is 23.5. The largest absolute Gasteiger partial charge is 0.493 e. The molecule has 0 aliphatic rings. The van der Waals surface area contributed by atoms with Crippen LogP contribution in [0.1, 0.15) is 43.5 Å². The Labute approximate surface area is 228 Å². The molecule has 1 N–H and O–H groups in total. The smallest absolute Gasteiger partial charge is 0.249 e. The third kappa shape index (κ3) is 5.72. The molecular weight excluding hydrogens is 494 g/mol. The molecule has 0 saturated heterocycles. The zero-order chi connectivity index (χ0) is 28.3. The van der Waals surface area contributed by atoms with E-state index in [0.29, 0.717) is 28.3 Å². The van der Waals surface area contributed by atoms with Crippen molar-refractivity contribution in [3.63, 3.8) is 0 Å². The molecule has 3 aromatic carbocycles. The lowest BCUT2D eigenvalue weighted by atomic mass is 9.97. The van der Waals surface area contributed by atoms with E-state index >= 15 is 0 Å². The van der Waals surface area contributed by atoms with Crippen molar-refractivity contribution in [3.8, 4) is 11.5 Å². The van der Waals surface area contributed by atoms with Crippen LogP contribution in [0.25, 0.3) is 11.0 Å². The molecular formula is C30H35N5O4. The van der Waals surface area contributed by atoms with Gasteiger partial charge in [-0.15, -0.1) is 5.10 Å². The van der Waals surface area contributed by atoms with Crippen LogP contribution in [-0.2, 0) is 16.1 Å². The van der Waals surface area contributed by atoms with Crippen LogP contribution in [0.15, 0.2) is 60.7 Å². The van der Waals surface area contributed by atoms with Crippen LogP contribution in [0.3, 0.4) is 0 Å². The molecule has 0 radical (unpaired) electrons. The summed E-state index contributed by atoms with van der Waals surface area (Å²) in [6.07, 6.45) is 0. The van der Waals surface area contributed by atoms with E-state index < -0.39 is 11.6 Å². The maximum Gasteiger partial charge on any atom is 0.249 e. The summed E-state index contributed by atoms with van der Waals surface area (Å²) in [5.41, 5.74) is 3.83. The second-order valence-electron chi connectivity index (χ2n) is 10.4. The van der Waals surface area contributed by atoms with Gasteiger partial charge in [0, 0.05) is 16.8 Å². The predicted octanol–water partition coefficient (Wildman–Crippen LogP) is 4.75. The Kier molecular flexibility index (Phi) is 7.90. The third-order valence-corrected chi connectivity index (χ3v) is 6.54. The molecule has 0 spiro atoms. The minimum absolute atomic E-state index is 0.126. The Morgan fingerprint density at radius 2 is 1.69 bits per heavy atom. The first kappa shape index (κ1) is 27.6. The molecule has 4 aromatic rings. The molecule has 9 nitrogen and oxygen atoms in total. The molecule has 39 heavy (non-hydrogen) atoms.